The molecule has 2 aromatic carbocycles. The van der Waals surface area contributed by atoms with Gasteiger partial charge in [0, 0.05) is 10.6 Å². The number of hydrogen-bond donors (Lipinski definition) is 0. The molecule has 4 nitrogen and oxygen atoms in total. The first kappa shape index (κ1) is 15.7. The summed E-state index contributed by atoms with van der Waals surface area (Å²) in [5.41, 5.74) is 10.4. The molecule has 22 heavy (non-hydrogen) atoms. The van der Waals surface area contributed by atoms with E-state index in [9.17, 15) is 13.2 Å². The summed E-state index contributed by atoms with van der Waals surface area (Å²) in [7, 11) is 0. The number of azide groups is 1. The predicted octanol–water partition coefficient (Wildman–Crippen LogP) is 5.31. The normalized spacial score (nSPS) is 10.9. The van der Waals surface area contributed by atoms with Gasteiger partial charge in [-0.05, 0) is 47.7 Å². The van der Waals surface area contributed by atoms with E-state index in [4.69, 9.17) is 5.53 Å². The van der Waals surface area contributed by atoms with Gasteiger partial charge in [0.25, 0.3) is 0 Å². The van der Waals surface area contributed by atoms with Gasteiger partial charge in [-0.1, -0.05) is 35.4 Å². The molecule has 0 aromatic heterocycles. The van der Waals surface area contributed by atoms with Crippen molar-refractivity contribution in [2.24, 2.45) is 5.11 Å². The molecule has 0 unspecified atom stereocenters. The highest BCUT2D eigenvalue weighted by Gasteiger charge is 2.31. The molecule has 0 aliphatic carbocycles. The molecule has 0 atom stereocenters. The summed E-state index contributed by atoms with van der Waals surface area (Å²) in [5, 5.41) is 3.50. The average Bonchev–Trinajstić information content (AvgIpc) is 2.47. The molecule has 0 amide bonds. The minimum Gasteiger partial charge on any atom is -0.406 e. The Kier molecular flexibility index (Phi) is 4.91. The van der Waals surface area contributed by atoms with Gasteiger partial charge in [-0.15, -0.1) is 13.2 Å². The zero-order valence-electron chi connectivity index (χ0n) is 11.4. The van der Waals surface area contributed by atoms with Crippen LogP contribution in [0.2, 0.25) is 0 Å². The van der Waals surface area contributed by atoms with Crippen molar-refractivity contribution in [3.8, 4) is 5.75 Å². The standard InChI is InChI=1S/C15H12F3N3O/c16-15(17,18)22-13-8-9-14(20-21-19)12(10-13)7-6-11-4-2-1-3-5-11/h1-5,8-10H,6-7H2. The van der Waals surface area contributed by atoms with E-state index < -0.39 is 6.36 Å². The van der Waals surface area contributed by atoms with E-state index in [1.165, 1.54) is 12.1 Å². The molecule has 0 heterocycles. The highest BCUT2D eigenvalue weighted by molar-refractivity contribution is 5.50. The zero-order chi connectivity index (χ0) is 16.0. The minimum atomic E-state index is -4.75. The van der Waals surface area contributed by atoms with E-state index in [1.807, 2.05) is 30.3 Å². The van der Waals surface area contributed by atoms with E-state index in [2.05, 4.69) is 14.8 Å². The molecule has 0 saturated heterocycles. The van der Waals surface area contributed by atoms with Crippen molar-refractivity contribution in [2.75, 3.05) is 0 Å². The Hall–Kier alpha value is -2.66. The van der Waals surface area contributed by atoms with E-state index in [0.29, 0.717) is 24.1 Å². The number of ether oxygens (including phenoxy) is 1. The third kappa shape index (κ3) is 4.71. The number of alkyl halides is 3. The molecule has 0 aliphatic rings. The number of aryl methyl sites for hydroxylation is 2. The number of benzene rings is 2. The molecule has 0 radical (unpaired) electrons. The van der Waals surface area contributed by atoms with Crippen LogP contribution in [0.25, 0.3) is 10.4 Å². The third-order valence-corrected chi connectivity index (χ3v) is 2.96. The van der Waals surface area contributed by atoms with Gasteiger partial charge in [-0.2, -0.15) is 0 Å². The highest BCUT2D eigenvalue weighted by atomic mass is 19.4. The maximum atomic E-state index is 12.3. The number of halogens is 3. The lowest BCUT2D eigenvalue weighted by atomic mass is 10.0. The van der Waals surface area contributed by atoms with Crippen LogP contribution in [-0.2, 0) is 12.8 Å². The Labute approximate surface area is 124 Å². The lowest BCUT2D eigenvalue weighted by Gasteiger charge is -2.12. The van der Waals surface area contributed by atoms with Crippen molar-refractivity contribution in [3.05, 3.63) is 70.1 Å². The number of hydrogen-bond acceptors (Lipinski definition) is 2. The average molecular weight is 307 g/mol. The van der Waals surface area contributed by atoms with Gasteiger partial charge in [0.15, 0.2) is 0 Å². The summed E-state index contributed by atoms with van der Waals surface area (Å²) in [6.45, 7) is 0. The second-order valence-electron chi connectivity index (χ2n) is 4.51. The molecular formula is C15H12F3N3O. The monoisotopic (exact) mass is 307 g/mol. The zero-order valence-corrected chi connectivity index (χ0v) is 11.4. The lowest BCUT2D eigenvalue weighted by molar-refractivity contribution is -0.274. The quantitative estimate of drug-likeness (QED) is 0.419. The second kappa shape index (κ2) is 6.87. The van der Waals surface area contributed by atoms with Crippen LogP contribution in [0.5, 0.6) is 5.75 Å². The summed E-state index contributed by atoms with van der Waals surface area (Å²) in [6.07, 6.45) is -3.70. The summed E-state index contributed by atoms with van der Waals surface area (Å²) in [4.78, 5) is 2.69. The van der Waals surface area contributed by atoms with Crippen molar-refractivity contribution < 1.29 is 17.9 Å². The van der Waals surface area contributed by atoms with Crippen LogP contribution in [0.1, 0.15) is 11.1 Å². The fourth-order valence-corrected chi connectivity index (χ4v) is 2.03. The second-order valence-corrected chi connectivity index (χ2v) is 4.51. The molecular weight excluding hydrogens is 295 g/mol. The maximum absolute atomic E-state index is 12.3. The predicted molar refractivity (Wildman–Crippen MR) is 75.8 cm³/mol. The van der Waals surface area contributed by atoms with Crippen molar-refractivity contribution in [1.29, 1.82) is 0 Å². The summed E-state index contributed by atoms with van der Waals surface area (Å²) < 4.78 is 40.7. The van der Waals surface area contributed by atoms with Crippen molar-refractivity contribution in [3.63, 3.8) is 0 Å². The smallest absolute Gasteiger partial charge is 0.406 e. The fourth-order valence-electron chi connectivity index (χ4n) is 2.03. The van der Waals surface area contributed by atoms with Gasteiger partial charge in [0.2, 0.25) is 0 Å². The number of nitrogens with zero attached hydrogens (tertiary/aromatic N) is 3. The molecule has 114 valence electrons. The highest BCUT2D eigenvalue weighted by Crippen LogP contribution is 2.29. The van der Waals surface area contributed by atoms with Crippen LogP contribution in [0.3, 0.4) is 0 Å². The Morgan fingerprint density at radius 3 is 2.41 bits per heavy atom. The lowest BCUT2D eigenvalue weighted by Crippen LogP contribution is -2.17. The van der Waals surface area contributed by atoms with Crippen LogP contribution in [0.4, 0.5) is 18.9 Å². The first-order valence-corrected chi connectivity index (χ1v) is 6.45. The minimum absolute atomic E-state index is 0.299. The van der Waals surface area contributed by atoms with Gasteiger partial charge in [-0.3, -0.25) is 0 Å². The van der Waals surface area contributed by atoms with Crippen LogP contribution in [0.15, 0.2) is 53.6 Å². The Morgan fingerprint density at radius 1 is 1.05 bits per heavy atom. The van der Waals surface area contributed by atoms with Gasteiger partial charge in [0.1, 0.15) is 5.75 Å². The molecule has 0 N–H and O–H groups in total. The van der Waals surface area contributed by atoms with Crippen molar-refractivity contribution in [1.82, 2.24) is 0 Å². The Balaban J connectivity index is 2.22. The first-order chi connectivity index (χ1) is 10.5. The van der Waals surface area contributed by atoms with Gasteiger partial charge < -0.3 is 4.74 Å². The van der Waals surface area contributed by atoms with Gasteiger partial charge >= 0.3 is 6.36 Å². The molecule has 0 saturated carbocycles. The van der Waals surface area contributed by atoms with Crippen LogP contribution < -0.4 is 4.74 Å². The summed E-state index contributed by atoms with van der Waals surface area (Å²) >= 11 is 0. The maximum Gasteiger partial charge on any atom is 0.573 e. The van der Waals surface area contributed by atoms with Crippen molar-refractivity contribution in [2.45, 2.75) is 19.2 Å². The van der Waals surface area contributed by atoms with Crippen LogP contribution >= 0.6 is 0 Å². The first-order valence-electron chi connectivity index (χ1n) is 6.45. The molecule has 0 bridgehead atoms. The summed E-state index contributed by atoms with van der Waals surface area (Å²) in [5.74, 6) is -0.326. The van der Waals surface area contributed by atoms with E-state index >= 15 is 0 Å². The molecule has 2 rings (SSSR count). The Bertz CT molecular complexity index is 680. The van der Waals surface area contributed by atoms with Gasteiger partial charge in [0.05, 0.1) is 0 Å². The van der Waals surface area contributed by atoms with Crippen LogP contribution in [-0.4, -0.2) is 6.36 Å². The third-order valence-electron chi connectivity index (χ3n) is 2.96. The fraction of sp³-hybridized carbons (Fsp3) is 0.200. The van der Waals surface area contributed by atoms with Crippen molar-refractivity contribution >= 4 is 5.69 Å². The van der Waals surface area contributed by atoms with E-state index in [0.717, 1.165) is 11.6 Å². The summed E-state index contributed by atoms with van der Waals surface area (Å²) in [6, 6.07) is 13.2. The topological polar surface area (TPSA) is 58.0 Å². The van der Waals surface area contributed by atoms with Crippen LogP contribution in [0, 0.1) is 0 Å². The largest absolute Gasteiger partial charge is 0.573 e. The molecule has 7 heteroatoms. The molecule has 2 aromatic rings. The molecule has 0 aliphatic heterocycles. The molecule has 0 spiro atoms. The Morgan fingerprint density at radius 2 is 1.77 bits per heavy atom. The van der Waals surface area contributed by atoms with E-state index in [1.54, 1.807) is 0 Å². The SMILES string of the molecule is [N-]=[N+]=Nc1ccc(OC(F)(F)F)cc1CCc1ccccc1. The molecule has 0 fully saturated rings. The number of rotatable bonds is 5. The van der Waals surface area contributed by atoms with E-state index in [-0.39, 0.29) is 5.75 Å². The van der Waals surface area contributed by atoms with Gasteiger partial charge in [-0.25, -0.2) is 0 Å².